The first-order chi connectivity index (χ1) is 14.3. The predicted octanol–water partition coefficient (Wildman–Crippen LogP) is 3.24. The summed E-state index contributed by atoms with van der Waals surface area (Å²) >= 11 is 4.72. The van der Waals surface area contributed by atoms with Crippen molar-refractivity contribution < 1.29 is 4.79 Å². The van der Waals surface area contributed by atoms with E-state index in [1.54, 1.807) is 17.5 Å². The lowest BCUT2D eigenvalue weighted by Gasteiger charge is -2.09. The van der Waals surface area contributed by atoms with Gasteiger partial charge in [-0.25, -0.2) is 13.9 Å². The third-order valence-corrected chi connectivity index (χ3v) is 6.18. The summed E-state index contributed by atoms with van der Waals surface area (Å²) in [5.41, 5.74) is 1.55. The van der Waals surface area contributed by atoms with Gasteiger partial charge in [0, 0.05) is 11.0 Å². The van der Waals surface area contributed by atoms with E-state index in [1.165, 1.54) is 20.3 Å². The van der Waals surface area contributed by atoms with Gasteiger partial charge in [-0.1, -0.05) is 19.9 Å². The molecular weight excluding hydrogens is 470 g/mol. The third-order valence-electron chi connectivity index (χ3n) is 4.63. The van der Waals surface area contributed by atoms with E-state index in [9.17, 15) is 14.4 Å². The molecule has 3 heterocycles. The minimum absolute atomic E-state index is 0.175. The normalized spacial score (nSPS) is 11.6. The van der Waals surface area contributed by atoms with E-state index in [-0.39, 0.29) is 29.7 Å². The number of amides is 1. The zero-order valence-electron chi connectivity index (χ0n) is 16.7. The second-order valence-corrected chi connectivity index (χ2v) is 9.32. The van der Waals surface area contributed by atoms with E-state index in [0.29, 0.717) is 22.4 Å². The molecule has 8 nitrogen and oxygen atoms in total. The molecule has 10 heteroatoms. The zero-order chi connectivity index (χ0) is 21.6. The molecule has 1 amide bonds. The van der Waals surface area contributed by atoms with Crippen LogP contribution in [-0.2, 0) is 17.9 Å². The molecule has 0 saturated heterocycles. The second-order valence-electron chi connectivity index (χ2n) is 7.55. The van der Waals surface area contributed by atoms with Crippen molar-refractivity contribution in [1.29, 1.82) is 0 Å². The highest BCUT2D eigenvalue weighted by molar-refractivity contribution is 9.10. The Morgan fingerprint density at radius 2 is 2.03 bits per heavy atom. The summed E-state index contributed by atoms with van der Waals surface area (Å²) in [5.74, 6) is 0.0460. The molecule has 1 N–H and O–H groups in total. The number of anilines is 1. The molecule has 0 bridgehead atoms. The highest BCUT2D eigenvalue weighted by Gasteiger charge is 2.20. The average molecular weight is 490 g/mol. The van der Waals surface area contributed by atoms with Crippen LogP contribution in [0, 0.1) is 12.8 Å². The van der Waals surface area contributed by atoms with Gasteiger partial charge >= 0.3 is 5.69 Å². The van der Waals surface area contributed by atoms with Gasteiger partial charge in [0.1, 0.15) is 11.2 Å². The number of carbonyl (C=O) groups excluding carboxylic acids is 1. The third kappa shape index (κ3) is 3.61. The largest absolute Gasteiger partial charge is 0.352 e. The zero-order valence-corrected chi connectivity index (χ0v) is 19.1. The van der Waals surface area contributed by atoms with Crippen molar-refractivity contribution in [2.24, 2.45) is 5.92 Å². The summed E-state index contributed by atoms with van der Waals surface area (Å²) in [6.07, 6.45) is 0. The van der Waals surface area contributed by atoms with Crippen LogP contribution in [0.15, 0.2) is 43.7 Å². The van der Waals surface area contributed by atoms with Gasteiger partial charge in [-0.3, -0.25) is 14.2 Å². The van der Waals surface area contributed by atoms with E-state index in [0.717, 1.165) is 14.7 Å². The van der Waals surface area contributed by atoms with Crippen molar-refractivity contribution in [2.45, 2.75) is 33.9 Å². The molecule has 4 rings (SSSR count). The lowest BCUT2D eigenvalue weighted by atomic mass is 10.2. The summed E-state index contributed by atoms with van der Waals surface area (Å²) in [5, 5.41) is 8.90. The van der Waals surface area contributed by atoms with E-state index in [1.807, 2.05) is 32.9 Å². The maximum absolute atomic E-state index is 13.1. The Bertz CT molecular complexity index is 1400. The maximum atomic E-state index is 13.1. The molecule has 0 aliphatic carbocycles. The molecule has 0 spiro atoms. The fourth-order valence-electron chi connectivity index (χ4n) is 3.31. The van der Waals surface area contributed by atoms with Crippen LogP contribution in [0.5, 0.6) is 0 Å². The molecule has 0 aliphatic heterocycles. The van der Waals surface area contributed by atoms with Crippen LogP contribution in [-0.4, -0.2) is 24.7 Å². The van der Waals surface area contributed by atoms with Crippen molar-refractivity contribution >= 4 is 54.9 Å². The summed E-state index contributed by atoms with van der Waals surface area (Å²) < 4.78 is 5.27. The van der Waals surface area contributed by atoms with Gasteiger partial charge in [-0.2, -0.15) is 0 Å². The highest BCUT2D eigenvalue weighted by Crippen LogP contribution is 2.23. The van der Waals surface area contributed by atoms with Crippen molar-refractivity contribution in [2.75, 3.05) is 5.32 Å². The minimum Gasteiger partial charge on any atom is -0.323 e. The Balaban J connectivity index is 1.77. The molecular formula is C20H20BrN5O3S. The second kappa shape index (κ2) is 7.84. The van der Waals surface area contributed by atoms with Crippen LogP contribution < -0.4 is 16.6 Å². The molecule has 3 aromatic heterocycles. The van der Waals surface area contributed by atoms with Crippen LogP contribution in [0.3, 0.4) is 0 Å². The van der Waals surface area contributed by atoms with E-state index < -0.39 is 5.69 Å². The summed E-state index contributed by atoms with van der Waals surface area (Å²) in [7, 11) is 0. The maximum Gasteiger partial charge on any atom is 0.352 e. The first kappa shape index (κ1) is 20.5. The lowest BCUT2D eigenvalue weighted by molar-refractivity contribution is -0.117. The number of rotatable bonds is 5. The number of fused-ring (bicyclic) bond motifs is 3. The minimum atomic E-state index is -0.455. The number of carbonyl (C=O) groups is 1. The van der Waals surface area contributed by atoms with Crippen LogP contribution in [0.4, 0.5) is 5.69 Å². The number of nitrogens with one attached hydrogen (secondary N) is 1. The molecule has 4 aromatic rings. The molecule has 0 unspecified atom stereocenters. The number of aromatic nitrogens is 4. The van der Waals surface area contributed by atoms with Crippen molar-refractivity contribution in [3.8, 4) is 0 Å². The Hall–Kier alpha value is -2.72. The SMILES string of the molecule is Cc1ccc(NC(=O)Cn2nc3n(CC(C)C)c(=O)c4sccc4n3c2=O)c(Br)c1. The van der Waals surface area contributed by atoms with Crippen LogP contribution in [0.1, 0.15) is 19.4 Å². The number of halogens is 1. The summed E-state index contributed by atoms with van der Waals surface area (Å²) in [6.45, 7) is 6.10. The number of nitrogens with zero attached hydrogens (tertiary/aromatic N) is 4. The summed E-state index contributed by atoms with van der Waals surface area (Å²) in [6, 6.07) is 7.30. The topological polar surface area (TPSA) is 90.4 Å². The predicted molar refractivity (Wildman–Crippen MR) is 121 cm³/mol. The van der Waals surface area contributed by atoms with Crippen LogP contribution in [0.25, 0.3) is 16.0 Å². The quantitative estimate of drug-likeness (QED) is 0.465. The van der Waals surface area contributed by atoms with Gasteiger partial charge in [-0.05, 0) is 57.9 Å². The molecule has 0 fully saturated rings. The highest BCUT2D eigenvalue weighted by atomic mass is 79.9. The fourth-order valence-corrected chi connectivity index (χ4v) is 4.73. The number of thiophene rings is 1. The van der Waals surface area contributed by atoms with Crippen molar-refractivity contribution in [3.05, 3.63) is 60.5 Å². The van der Waals surface area contributed by atoms with E-state index in [2.05, 4.69) is 26.3 Å². The van der Waals surface area contributed by atoms with Crippen LogP contribution >= 0.6 is 27.3 Å². The molecule has 0 aliphatic rings. The van der Waals surface area contributed by atoms with Gasteiger partial charge in [0.2, 0.25) is 11.7 Å². The van der Waals surface area contributed by atoms with E-state index in [4.69, 9.17) is 0 Å². The van der Waals surface area contributed by atoms with Crippen molar-refractivity contribution in [1.82, 2.24) is 18.7 Å². The molecule has 0 radical (unpaired) electrons. The van der Waals surface area contributed by atoms with E-state index >= 15 is 0 Å². The van der Waals surface area contributed by atoms with Crippen molar-refractivity contribution in [3.63, 3.8) is 0 Å². The van der Waals surface area contributed by atoms with Gasteiger partial charge in [0.15, 0.2) is 0 Å². The average Bonchev–Trinajstić information content (AvgIpc) is 3.26. The Morgan fingerprint density at radius 1 is 1.27 bits per heavy atom. The first-order valence-corrected chi connectivity index (χ1v) is 11.1. The molecule has 30 heavy (non-hydrogen) atoms. The standard InChI is InChI=1S/C20H20BrN5O3S/c1-11(2)9-24-18(28)17-15(6-7-30-17)26-19(24)23-25(20(26)29)10-16(27)22-14-5-4-12(3)8-13(14)21/h4-8,11H,9-10H2,1-3H3,(H,22,27). The Morgan fingerprint density at radius 3 is 2.73 bits per heavy atom. The fraction of sp³-hybridized carbons (Fsp3) is 0.300. The van der Waals surface area contributed by atoms with Gasteiger partial charge in [0.05, 0.1) is 11.2 Å². The smallest absolute Gasteiger partial charge is 0.323 e. The molecule has 0 atom stereocenters. The van der Waals surface area contributed by atoms with Crippen LogP contribution in [0.2, 0.25) is 0 Å². The number of aryl methyl sites for hydroxylation is 1. The van der Waals surface area contributed by atoms with Gasteiger partial charge < -0.3 is 5.32 Å². The van der Waals surface area contributed by atoms with Gasteiger partial charge in [0.25, 0.3) is 5.56 Å². The summed E-state index contributed by atoms with van der Waals surface area (Å²) in [4.78, 5) is 38.5. The Kier molecular flexibility index (Phi) is 5.37. The monoisotopic (exact) mass is 489 g/mol. The first-order valence-electron chi connectivity index (χ1n) is 9.42. The number of benzene rings is 1. The lowest BCUT2D eigenvalue weighted by Crippen LogP contribution is -2.29. The molecule has 0 saturated carbocycles. The molecule has 156 valence electrons. The number of hydrogen-bond acceptors (Lipinski definition) is 5. The molecule has 1 aromatic carbocycles. The number of hydrogen-bond donors (Lipinski definition) is 1. The Labute approximate surface area is 183 Å². The van der Waals surface area contributed by atoms with Gasteiger partial charge in [-0.15, -0.1) is 16.4 Å².